The van der Waals surface area contributed by atoms with Gasteiger partial charge in [-0.25, -0.2) is 0 Å². The monoisotopic (exact) mass is 505 g/mol. The Labute approximate surface area is 216 Å². The van der Waals surface area contributed by atoms with E-state index in [4.69, 9.17) is 19.9 Å². The fraction of sp³-hybridized carbons (Fsp3) is 0.897. The fourth-order valence-electron chi connectivity index (χ4n) is 9.50. The van der Waals surface area contributed by atoms with Crippen LogP contribution in [0, 0.1) is 46.3 Å². The molecule has 4 fully saturated rings. The van der Waals surface area contributed by atoms with Gasteiger partial charge in [-0.1, -0.05) is 20.8 Å². The Morgan fingerprint density at radius 3 is 2.31 bits per heavy atom. The molecule has 0 radical (unpaired) electrons. The molecule has 0 aromatic rings. The molecule has 0 bridgehead atoms. The summed E-state index contributed by atoms with van der Waals surface area (Å²) in [6.07, 6.45) is 7.63. The lowest BCUT2D eigenvalue weighted by Gasteiger charge is -2.64. The van der Waals surface area contributed by atoms with E-state index in [2.05, 4.69) is 20.8 Å². The lowest BCUT2D eigenvalue weighted by molar-refractivity contribution is -0.220. The molecule has 0 heterocycles. The molecule has 4 aliphatic carbocycles. The summed E-state index contributed by atoms with van der Waals surface area (Å²) in [6.45, 7) is 9.99. The van der Waals surface area contributed by atoms with Gasteiger partial charge in [-0.15, -0.1) is 0 Å². The number of carbonyl (C=O) groups excluding carboxylic acids is 3. The van der Waals surface area contributed by atoms with Gasteiger partial charge in [0.25, 0.3) is 0 Å². The van der Waals surface area contributed by atoms with E-state index in [1.807, 2.05) is 0 Å². The smallest absolute Gasteiger partial charge is 0.305 e. The molecule has 0 aromatic heterocycles. The van der Waals surface area contributed by atoms with Crippen LogP contribution in [0.5, 0.6) is 0 Å². The zero-order valence-corrected chi connectivity index (χ0v) is 23.1. The van der Waals surface area contributed by atoms with Gasteiger partial charge in [0.2, 0.25) is 0 Å². The SMILES string of the molecule is COC(=O)CCC(C)[C@H]1CC[C@H]2[C@@H]3[C@H](OC(C)=O)C[C@@H]4C[C@H](N)CC[C@]4(C)[C@H]3C[C@H](OC(C)=O)[C@]12C. The first-order chi connectivity index (χ1) is 16.9. The molecule has 7 heteroatoms. The largest absolute Gasteiger partial charge is 0.469 e. The molecule has 0 aromatic carbocycles. The third kappa shape index (κ3) is 4.69. The first-order valence-corrected chi connectivity index (χ1v) is 14.1. The molecule has 0 aliphatic heterocycles. The van der Waals surface area contributed by atoms with Crippen molar-refractivity contribution in [3.63, 3.8) is 0 Å². The van der Waals surface area contributed by atoms with E-state index in [-0.39, 0.29) is 52.9 Å². The van der Waals surface area contributed by atoms with Crippen molar-refractivity contribution >= 4 is 17.9 Å². The second-order valence-electron chi connectivity index (χ2n) is 12.9. The molecule has 4 aliphatic rings. The molecule has 2 N–H and O–H groups in total. The predicted octanol–water partition coefficient (Wildman–Crippen LogP) is 4.65. The van der Waals surface area contributed by atoms with Crippen LogP contribution in [0.3, 0.4) is 0 Å². The summed E-state index contributed by atoms with van der Waals surface area (Å²) in [5.74, 6) is 1.26. The molecular weight excluding hydrogens is 458 g/mol. The third-order valence-corrected chi connectivity index (χ3v) is 11.2. The zero-order chi connectivity index (χ0) is 26.4. The summed E-state index contributed by atoms with van der Waals surface area (Å²) in [6, 6.07) is 0.197. The Kier molecular flexibility index (Phi) is 7.81. The average molecular weight is 506 g/mol. The number of esters is 3. The quantitative estimate of drug-likeness (QED) is 0.414. The van der Waals surface area contributed by atoms with Gasteiger partial charge in [0.1, 0.15) is 12.2 Å². The summed E-state index contributed by atoms with van der Waals surface area (Å²) in [4.78, 5) is 36.5. The van der Waals surface area contributed by atoms with Gasteiger partial charge in [-0.05, 0) is 86.4 Å². The van der Waals surface area contributed by atoms with Crippen LogP contribution in [0.2, 0.25) is 0 Å². The number of fused-ring (bicyclic) bond motifs is 5. The number of ether oxygens (including phenoxy) is 3. The molecule has 7 nitrogen and oxygen atoms in total. The van der Waals surface area contributed by atoms with E-state index in [1.54, 1.807) is 0 Å². The summed E-state index contributed by atoms with van der Waals surface area (Å²) in [7, 11) is 1.43. The van der Waals surface area contributed by atoms with Gasteiger partial charge < -0.3 is 19.9 Å². The van der Waals surface area contributed by atoms with Crippen LogP contribution in [0.4, 0.5) is 0 Å². The van der Waals surface area contributed by atoms with Gasteiger partial charge in [-0.2, -0.15) is 0 Å². The Balaban J connectivity index is 1.71. The maximum atomic E-state index is 12.4. The van der Waals surface area contributed by atoms with Gasteiger partial charge >= 0.3 is 17.9 Å². The molecular formula is C29H47NO6. The molecule has 4 rings (SSSR count). The van der Waals surface area contributed by atoms with Crippen LogP contribution < -0.4 is 5.73 Å². The Morgan fingerprint density at radius 1 is 0.972 bits per heavy atom. The van der Waals surface area contributed by atoms with Gasteiger partial charge in [-0.3, -0.25) is 14.4 Å². The van der Waals surface area contributed by atoms with E-state index in [0.717, 1.165) is 51.4 Å². The van der Waals surface area contributed by atoms with E-state index in [0.29, 0.717) is 36.0 Å². The highest BCUT2D eigenvalue weighted by molar-refractivity contribution is 5.69. The Bertz CT molecular complexity index is 861. The van der Waals surface area contributed by atoms with Crippen molar-refractivity contribution in [3.8, 4) is 0 Å². The Hall–Kier alpha value is -1.63. The number of methoxy groups -OCH3 is 1. The van der Waals surface area contributed by atoms with Crippen molar-refractivity contribution in [1.29, 1.82) is 0 Å². The van der Waals surface area contributed by atoms with Crippen LogP contribution in [0.1, 0.15) is 92.4 Å². The summed E-state index contributed by atoms with van der Waals surface area (Å²) in [5.41, 5.74) is 6.29. The molecule has 0 saturated heterocycles. The first-order valence-electron chi connectivity index (χ1n) is 14.1. The first kappa shape index (κ1) is 27.4. The summed E-state index contributed by atoms with van der Waals surface area (Å²) < 4.78 is 17.2. The zero-order valence-electron chi connectivity index (χ0n) is 23.1. The van der Waals surface area contributed by atoms with Gasteiger partial charge in [0.15, 0.2) is 0 Å². The number of hydrogen-bond acceptors (Lipinski definition) is 7. The minimum absolute atomic E-state index is 0.103. The number of carbonyl (C=O) groups is 3. The van der Waals surface area contributed by atoms with Crippen LogP contribution in [-0.2, 0) is 28.6 Å². The number of nitrogens with two attached hydrogens (primary N) is 1. The normalized spacial score (nSPS) is 44.4. The van der Waals surface area contributed by atoms with Crippen molar-refractivity contribution in [1.82, 2.24) is 0 Å². The molecule has 11 atom stereocenters. The van der Waals surface area contributed by atoms with E-state index < -0.39 is 0 Å². The molecule has 4 saturated carbocycles. The van der Waals surface area contributed by atoms with E-state index in [1.165, 1.54) is 21.0 Å². The van der Waals surface area contributed by atoms with Crippen molar-refractivity contribution in [3.05, 3.63) is 0 Å². The highest BCUT2D eigenvalue weighted by Crippen LogP contribution is 2.69. The van der Waals surface area contributed by atoms with Crippen LogP contribution >= 0.6 is 0 Å². The van der Waals surface area contributed by atoms with Crippen molar-refractivity contribution in [2.45, 2.75) is 111 Å². The standard InChI is InChI=1S/C29H47NO6/c1-16(7-10-26(33)34-6)21-8-9-22-27-23(15-25(29(21,22)5)36-18(3)32)28(4)12-11-20(30)13-19(28)14-24(27)35-17(2)31/h16,19-25,27H,7-15,30H2,1-6H3/t16?,19-,20+,21+,22-,23-,24+,25-,27-,28-,29+/m0/s1. The summed E-state index contributed by atoms with van der Waals surface area (Å²) in [5, 5.41) is 0. The molecule has 0 amide bonds. The van der Waals surface area contributed by atoms with Crippen LogP contribution in [-0.4, -0.2) is 43.3 Å². The van der Waals surface area contributed by atoms with E-state index >= 15 is 0 Å². The fourth-order valence-corrected chi connectivity index (χ4v) is 9.50. The van der Waals surface area contributed by atoms with Crippen molar-refractivity contribution in [2.24, 2.45) is 52.1 Å². The van der Waals surface area contributed by atoms with Crippen LogP contribution in [0.15, 0.2) is 0 Å². The highest BCUT2D eigenvalue weighted by Gasteiger charge is 2.67. The van der Waals surface area contributed by atoms with Gasteiger partial charge in [0.05, 0.1) is 7.11 Å². The minimum atomic E-state index is -0.231. The van der Waals surface area contributed by atoms with Crippen molar-refractivity contribution in [2.75, 3.05) is 7.11 Å². The second kappa shape index (κ2) is 10.3. The highest BCUT2D eigenvalue weighted by atomic mass is 16.5. The molecule has 204 valence electrons. The van der Waals surface area contributed by atoms with Crippen LogP contribution in [0.25, 0.3) is 0 Å². The lowest BCUT2D eigenvalue weighted by Crippen LogP contribution is -2.63. The Morgan fingerprint density at radius 2 is 1.67 bits per heavy atom. The topological polar surface area (TPSA) is 105 Å². The van der Waals surface area contributed by atoms with Gasteiger partial charge in [0, 0.05) is 37.6 Å². The molecule has 1 unspecified atom stereocenters. The maximum absolute atomic E-state index is 12.4. The minimum Gasteiger partial charge on any atom is -0.469 e. The second-order valence-corrected chi connectivity index (χ2v) is 12.9. The summed E-state index contributed by atoms with van der Waals surface area (Å²) >= 11 is 0. The number of rotatable bonds is 6. The number of hydrogen-bond donors (Lipinski definition) is 1. The molecule has 0 spiro atoms. The predicted molar refractivity (Wildman–Crippen MR) is 135 cm³/mol. The van der Waals surface area contributed by atoms with Crippen molar-refractivity contribution < 1.29 is 28.6 Å². The lowest BCUT2D eigenvalue weighted by atomic mass is 9.43. The van der Waals surface area contributed by atoms with E-state index in [9.17, 15) is 14.4 Å². The maximum Gasteiger partial charge on any atom is 0.305 e. The molecule has 36 heavy (non-hydrogen) atoms. The average Bonchev–Trinajstić information content (AvgIpc) is 3.16. The third-order valence-electron chi connectivity index (χ3n) is 11.2.